The predicted molar refractivity (Wildman–Crippen MR) is 77.9 cm³/mol. The van der Waals surface area contributed by atoms with E-state index < -0.39 is 5.60 Å². The second-order valence-electron chi connectivity index (χ2n) is 6.12. The lowest BCUT2D eigenvalue weighted by Gasteiger charge is -2.29. The van der Waals surface area contributed by atoms with Crippen LogP contribution in [0.25, 0.3) is 0 Å². The van der Waals surface area contributed by atoms with Crippen LogP contribution < -0.4 is 5.73 Å². The maximum Gasteiger partial charge on any atom is 0.410 e. The van der Waals surface area contributed by atoms with E-state index in [0.717, 1.165) is 5.56 Å². The third-order valence-electron chi connectivity index (χ3n) is 3.27. The molecule has 0 aliphatic carbocycles. The summed E-state index contributed by atoms with van der Waals surface area (Å²) >= 11 is 0. The lowest BCUT2D eigenvalue weighted by atomic mass is 10.1. The summed E-state index contributed by atoms with van der Waals surface area (Å²) in [6, 6.07) is 0. The lowest BCUT2D eigenvalue weighted by molar-refractivity contribution is 0.0221. The first-order chi connectivity index (χ1) is 9.73. The lowest BCUT2D eigenvalue weighted by Crippen LogP contribution is -2.39. The number of rotatable bonds is 1. The highest BCUT2D eigenvalue weighted by atomic mass is 16.6. The molecule has 0 unspecified atom stereocenters. The number of ether oxygens (including phenoxy) is 1. The third-order valence-corrected chi connectivity index (χ3v) is 3.27. The van der Waals surface area contributed by atoms with Gasteiger partial charge in [0.2, 0.25) is 5.91 Å². The molecule has 7 nitrogen and oxygen atoms in total. The molecule has 1 aliphatic rings. The number of fused-ring (bicyclic) bond motifs is 1. The molecule has 2 N–H and O–H groups in total. The Bertz CT molecular complexity index is 572. The number of carbonyl (C=O) groups excluding carboxylic acids is 2. The first kappa shape index (κ1) is 15.3. The molecular formula is C14H22N4O3. The Morgan fingerprint density at radius 3 is 2.62 bits per heavy atom. The molecule has 2 heterocycles. The highest BCUT2D eigenvalue weighted by Crippen LogP contribution is 2.25. The summed E-state index contributed by atoms with van der Waals surface area (Å²) in [5, 5.41) is 4.24. The smallest absolute Gasteiger partial charge is 0.410 e. The van der Waals surface area contributed by atoms with Crippen molar-refractivity contribution in [3.8, 4) is 0 Å². The van der Waals surface area contributed by atoms with Crippen LogP contribution in [-0.4, -0.2) is 38.8 Å². The summed E-state index contributed by atoms with van der Waals surface area (Å²) in [4.78, 5) is 25.4. The highest BCUT2D eigenvalue weighted by molar-refractivity contribution is 5.81. The average Bonchev–Trinajstić information content (AvgIpc) is 2.73. The molecule has 0 atom stereocenters. The van der Waals surface area contributed by atoms with E-state index in [1.54, 1.807) is 11.8 Å². The van der Waals surface area contributed by atoms with Crippen molar-refractivity contribution in [3.05, 3.63) is 11.3 Å². The van der Waals surface area contributed by atoms with Gasteiger partial charge in [0, 0.05) is 18.5 Å². The molecule has 0 saturated carbocycles. The fourth-order valence-electron chi connectivity index (χ4n) is 2.24. The molecule has 0 bridgehead atoms. The minimum Gasteiger partial charge on any atom is -0.444 e. The van der Waals surface area contributed by atoms with Crippen molar-refractivity contribution in [2.75, 3.05) is 12.3 Å². The Balaban J connectivity index is 2.18. The molecular weight excluding hydrogens is 272 g/mol. The Morgan fingerprint density at radius 2 is 2.05 bits per heavy atom. The van der Waals surface area contributed by atoms with Crippen LogP contribution >= 0.6 is 0 Å². The van der Waals surface area contributed by atoms with Crippen molar-refractivity contribution in [1.29, 1.82) is 0 Å². The number of anilines is 1. The van der Waals surface area contributed by atoms with Crippen molar-refractivity contribution in [2.45, 2.75) is 52.7 Å². The van der Waals surface area contributed by atoms with Gasteiger partial charge >= 0.3 is 6.09 Å². The second-order valence-corrected chi connectivity index (χ2v) is 6.12. The normalized spacial score (nSPS) is 14.8. The van der Waals surface area contributed by atoms with Gasteiger partial charge in [-0.15, -0.1) is 0 Å². The van der Waals surface area contributed by atoms with Crippen LogP contribution in [0.2, 0.25) is 0 Å². The van der Waals surface area contributed by atoms with E-state index in [4.69, 9.17) is 10.5 Å². The number of hydrogen-bond donors (Lipinski definition) is 1. The van der Waals surface area contributed by atoms with Gasteiger partial charge in [0.15, 0.2) is 0 Å². The monoisotopic (exact) mass is 294 g/mol. The van der Waals surface area contributed by atoms with E-state index >= 15 is 0 Å². The van der Waals surface area contributed by atoms with Crippen LogP contribution in [0.1, 0.15) is 50.2 Å². The highest BCUT2D eigenvalue weighted by Gasteiger charge is 2.29. The molecule has 1 amide bonds. The van der Waals surface area contributed by atoms with E-state index in [0.29, 0.717) is 37.4 Å². The van der Waals surface area contributed by atoms with Crippen molar-refractivity contribution in [3.63, 3.8) is 0 Å². The average molecular weight is 294 g/mol. The maximum absolute atomic E-state index is 12.1. The fourth-order valence-corrected chi connectivity index (χ4v) is 2.24. The first-order valence-corrected chi connectivity index (χ1v) is 7.10. The van der Waals surface area contributed by atoms with Gasteiger partial charge in [-0.05, 0) is 27.2 Å². The van der Waals surface area contributed by atoms with Gasteiger partial charge in [-0.3, -0.25) is 4.79 Å². The number of nitrogen functional groups attached to an aromatic ring is 1. The summed E-state index contributed by atoms with van der Waals surface area (Å²) in [5.41, 5.74) is 6.97. The number of nitrogens with two attached hydrogens (primary N) is 1. The zero-order valence-corrected chi connectivity index (χ0v) is 13.0. The molecule has 7 heteroatoms. The predicted octanol–water partition coefficient (Wildman–Crippen LogP) is 1.81. The third kappa shape index (κ3) is 3.17. The minimum absolute atomic E-state index is 0.147. The number of hydrogen-bond acceptors (Lipinski definition) is 5. The Kier molecular flexibility index (Phi) is 3.93. The Labute approximate surface area is 124 Å². The molecule has 0 fully saturated rings. The zero-order chi connectivity index (χ0) is 15.8. The van der Waals surface area contributed by atoms with Crippen LogP contribution in [0.15, 0.2) is 0 Å². The van der Waals surface area contributed by atoms with E-state index in [1.165, 1.54) is 4.68 Å². The van der Waals surface area contributed by atoms with Gasteiger partial charge in [-0.2, -0.15) is 9.78 Å². The summed E-state index contributed by atoms with van der Waals surface area (Å²) in [5.74, 6) is 0.242. The van der Waals surface area contributed by atoms with Crippen molar-refractivity contribution in [1.82, 2.24) is 14.7 Å². The number of aromatic nitrogens is 2. The van der Waals surface area contributed by atoms with Gasteiger partial charge in [0.05, 0.1) is 12.2 Å². The molecule has 0 spiro atoms. The van der Waals surface area contributed by atoms with E-state index in [1.807, 2.05) is 20.8 Å². The molecule has 1 aromatic rings. The van der Waals surface area contributed by atoms with Gasteiger partial charge in [-0.25, -0.2) is 4.79 Å². The maximum atomic E-state index is 12.1. The SMILES string of the molecule is CCC(=O)n1nc2c(c1N)CCN(C(=O)OC(C)(C)C)C2. The van der Waals surface area contributed by atoms with Crippen molar-refractivity contribution in [2.24, 2.45) is 0 Å². The van der Waals surface area contributed by atoms with Crippen LogP contribution in [0.3, 0.4) is 0 Å². The molecule has 1 aromatic heterocycles. The number of nitrogens with zero attached hydrogens (tertiary/aromatic N) is 3. The molecule has 21 heavy (non-hydrogen) atoms. The summed E-state index contributed by atoms with van der Waals surface area (Å²) in [7, 11) is 0. The van der Waals surface area contributed by atoms with Gasteiger partial charge in [0.1, 0.15) is 11.4 Å². The van der Waals surface area contributed by atoms with E-state index in [2.05, 4.69) is 5.10 Å². The van der Waals surface area contributed by atoms with E-state index in [-0.39, 0.29) is 12.0 Å². The van der Waals surface area contributed by atoms with E-state index in [9.17, 15) is 9.59 Å². The Hall–Kier alpha value is -2.05. The van der Waals surface area contributed by atoms with Gasteiger partial charge in [-0.1, -0.05) is 6.92 Å². The number of carbonyl (C=O) groups is 2. The van der Waals surface area contributed by atoms with Gasteiger partial charge < -0.3 is 15.4 Å². The van der Waals surface area contributed by atoms with Crippen molar-refractivity contribution >= 4 is 17.8 Å². The van der Waals surface area contributed by atoms with Crippen LogP contribution in [0, 0.1) is 0 Å². The van der Waals surface area contributed by atoms with Crippen LogP contribution in [0.4, 0.5) is 10.6 Å². The summed E-state index contributed by atoms with van der Waals surface area (Å²) in [6.45, 7) is 8.07. The quantitative estimate of drug-likeness (QED) is 0.853. The standard InChI is InChI=1S/C14H22N4O3/c1-5-11(19)18-12(15)9-6-7-17(8-10(9)16-18)13(20)21-14(2,3)4/h5-8,15H2,1-4H3. The number of amides is 1. The zero-order valence-electron chi connectivity index (χ0n) is 13.0. The summed E-state index contributed by atoms with van der Waals surface area (Å²) in [6.07, 6.45) is 0.542. The second kappa shape index (κ2) is 5.38. The van der Waals surface area contributed by atoms with Crippen LogP contribution in [-0.2, 0) is 17.7 Å². The first-order valence-electron chi connectivity index (χ1n) is 7.10. The molecule has 0 radical (unpaired) electrons. The Morgan fingerprint density at radius 1 is 1.38 bits per heavy atom. The van der Waals surface area contributed by atoms with Crippen molar-refractivity contribution < 1.29 is 14.3 Å². The molecule has 116 valence electrons. The van der Waals surface area contributed by atoms with Gasteiger partial charge in [0.25, 0.3) is 0 Å². The molecule has 0 saturated heterocycles. The fraction of sp³-hybridized carbons (Fsp3) is 0.643. The summed E-state index contributed by atoms with van der Waals surface area (Å²) < 4.78 is 6.59. The molecule has 2 rings (SSSR count). The molecule has 1 aliphatic heterocycles. The van der Waals surface area contributed by atoms with Crippen LogP contribution in [0.5, 0.6) is 0 Å². The minimum atomic E-state index is -0.534. The largest absolute Gasteiger partial charge is 0.444 e. The molecule has 0 aromatic carbocycles. The topological polar surface area (TPSA) is 90.5 Å².